The van der Waals surface area contributed by atoms with Crippen molar-refractivity contribution in [1.82, 2.24) is 0 Å². The van der Waals surface area contributed by atoms with Gasteiger partial charge in [-0.15, -0.1) is 11.3 Å². The highest BCUT2D eigenvalue weighted by Crippen LogP contribution is 2.31. The summed E-state index contributed by atoms with van der Waals surface area (Å²) in [5.41, 5.74) is 1.91. The van der Waals surface area contributed by atoms with Gasteiger partial charge in [0.15, 0.2) is 0 Å². The van der Waals surface area contributed by atoms with E-state index in [1.807, 2.05) is 35.7 Å². The minimum absolute atomic E-state index is 0.0403. The number of carbonyl (C=O) groups excluding carboxylic acids is 1. The lowest BCUT2D eigenvalue weighted by molar-refractivity contribution is -0.124. The predicted molar refractivity (Wildman–Crippen MR) is 77.4 cm³/mol. The normalized spacial score (nSPS) is 18.4. The second-order valence-corrected chi connectivity index (χ2v) is 5.46. The van der Waals surface area contributed by atoms with Gasteiger partial charge in [0.25, 0.3) is 5.91 Å². The van der Waals surface area contributed by atoms with Crippen LogP contribution in [0.1, 0.15) is 12.8 Å². The molecule has 0 aliphatic carbocycles. The van der Waals surface area contributed by atoms with Crippen LogP contribution < -0.4 is 5.32 Å². The fraction of sp³-hybridized carbons (Fsp3) is 0.267. The van der Waals surface area contributed by atoms with Crippen LogP contribution in [0.3, 0.4) is 0 Å². The summed E-state index contributed by atoms with van der Waals surface area (Å²) in [6, 6.07) is 11.9. The average molecular weight is 273 g/mol. The quantitative estimate of drug-likeness (QED) is 0.929. The zero-order valence-electron chi connectivity index (χ0n) is 10.5. The summed E-state index contributed by atoms with van der Waals surface area (Å²) >= 11 is 1.67. The maximum absolute atomic E-state index is 12.1. The molecule has 1 atom stereocenters. The minimum Gasteiger partial charge on any atom is -0.368 e. The molecule has 4 heteroatoms. The molecule has 0 radical (unpaired) electrons. The van der Waals surface area contributed by atoms with E-state index in [-0.39, 0.29) is 12.0 Å². The molecule has 1 N–H and O–H groups in total. The molecule has 98 valence electrons. The van der Waals surface area contributed by atoms with Crippen molar-refractivity contribution in [2.24, 2.45) is 0 Å². The van der Waals surface area contributed by atoms with Crippen molar-refractivity contribution in [3.63, 3.8) is 0 Å². The number of carbonyl (C=O) groups is 1. The summed E-state index contributed by atoms with van der Waals surface area (Å²) in [6.07, 6.45) is 1.48. The summed E-state index contributed by atoms with van der Waals surface area (Å²) in [4.78, 5) is 13.3. The zero-order valence-corrected chi connectivity index (χ0v) is 11.3. The number of ether oxygens (including phenoxy) is 1. The average Bonchev–Trinajstić information content (AvgIpc) is 3.13. The Morgan fingerprint density at radius 3 is 2.89 bits per heavy atom. The van der Waals surface area contributed by atoms with Crippen LogP contribution in [0.5, 0.6) is 0 Å². The lowest BCUT2D eigenvalue weighted by Gasteiger charge is -2.13. The van der Waals surface area contributed by atoms with E-state index in [0.717, 1.165) is 29.0 Å². The number of hydrogen-bond acceptors (Lipinski definition) is 3. The molecule has 2 heterocycles. The van der Waals surface area contributed by atoms with E-state index in [2.05, 4.69) is 11.4 Å². The molecule has 1 aliphatic rings. The molecule has 1 saturated heterocycles. The number of rotatable bonds is 3. The topological polar surface area (TPSA) is 38.3 Å². The summed E-state index contributed by atoms with van der Waals surface area (Å²) in [5, 5.41) is 5.02. The smallest absolute Gasteiger partial charge is 0.253 e. The molecule has 0 bridgehead atoms. The van der Waals surface area contributed by atoms with Crippen LogP contribution in [0, 0.1) is 0 Å². The van der Waals surface area contributed by atoms with Crippen LogP contribution >= 0.6 is 11.3 Å². The van der Waals surface area contributed by atoms with E-state index in [9.17, 15) is 4.79 Å². The summed E-state index contributed by atoms with van der Waals surface area (Å²) in [6.45, 7) is 0.685. The highest BCUT2D eigenvalue weighted by Gasteiger charge is 2.24. The van der Waals surface area contributed by atoms with E-state index >= 15 is 0 Å². The van der Waals surface area contributed by atoms with Crippen LogP contribution in [-0.4, -0.2) is 18.6 Å². The predicted octanol–water partition coefficient (Wildman–Crippen LogP) is 3.53. The highest BCUT2D eigenvalue weighted by atomic mass is 32.1. The van der Waals surface area contributed by atoms with Gasteiger partial charge in [0.2, 0.25) is 0 Å². The Morgan fingerprint density at radius 1 is 1.26 bits per heavy atom. The maximum Gasteiger partial charge on any atom is 0.253 e. The van der Waals surface area contributed by atoms with Gasteiger partial charge in [0.05, 0.1) is 0 Å². The monoisotopic (exact) mass is 273 g/mol. The number of para-hydroxylation sites is 1. The Kier molecular flexibility index (Phi) is 3.62. The fourth-order valence-electron chi connectivity index (χ4n) is 2.24. The van der Waals surface area contributed by atoms with Gasteiger partial charge in [-0.1, -0.05) is 24.3 Å². The first-order valence-corrected chi connectivity index (χ1v) is 7.28. The molecule has 1 aromatic carbocycles. The van der Waals surface area contributed by atoms with Crippen LogP contribution in [-0.2, 0) is 9.53 Å². The molecular weight excluding hydrogens is 258 g/mol. The number of thiophene rings is 1. The van der Waals surface area contributed by atoms with Gasteiger partial charge in [-0.25, -0.2) is 0 Å². The standard InChI is InChI=1S/C15H15NO2S/c17-15(13-7-3-9-18-13)16-12-6-2-1-5-11(12)14-8-4-10-19-14/h1-2,4-6,8,10,13H,3,7,9H2,(H,16,17). The first kappa shape index (κ1) is 12.4. The van der Waals surface area contributed by atoms with Gasteiger partial charge in [-0.2, -0.15) is 0 Å². The van der Waals surface area contributed by atoms with Crippen molar-refractivity contribution < 1.29 is 9.53 Å². The SMILES string of the molecule is O=C(Nc1ccccc1-c1cccs1)C1CCCO1. The van der Waals surface area contributed by atoms with E-state index < -0.39 is 0 Å². The Hall–Kier alpha value is -1.65. The van der Waals surface area contributed by atoms with Crippen LogP contribution in [0.15, 0.2) is 41.8 Å². The molecule has 0 saturated carbocycles. The first-order valence-electron chi connectivity index (χ1n) is 6.40. The second kappa shape index (κ2) is 5.55. The van der Waals surface area contributed by atoms with Gasteiger partial charge in [-0.05, 0) is 30.4 Å². The van der Waals surface area contributed by atoms with E-state index in [1.165, 1.54) is 0 Å². The van der Waals surface area contributed by atoms with E-state index in [4.69, 9.17) is 4.74 Å². The fourth-order valence-corrected chi connectivity index (χ4v) is 3.00. The van der Waals surface area contributed by atoms with Gasteiger partial charge in [-0.3, -0.25) is 4.79 Å². The molecule has 2 aromatic rings. The largest absolute Gasteiger partial charge is 0.368 e. The molecule has 3 nitrogen and oxygen atoms in total. The van der Waals surface area contributed by atoms with Gasteiger partial charge in [0.1, 0.15) is 6.10 Å². The highest BCUT2D eigenvalue weighted by molar-refractivity contribution is 7.13. The Balaban J connectivity index is 1.83. The Bertz CT molecular complexity index is 559. The third-order valence-corrected chi connectivity index (χ3v) is 4.10. The lowest BCUT2D eigenvalue weighted by Crippen LogP contribution is -2.27. The Morgan fingerprint density at radius 2 is 2.16 bits per heavy atom. The van der Waals surface area contributed by atoms with Gasteiger partial charge >= 0.3 is 0 Å². The molecule has 1 aromatic heterocycles. The molecular formula is C15H15NO2S. The summed E-state index contributed by atoms with van der Waals surface area (Å²) in [7, 11) is 0. The van der Waals surface area contributed by atoms with Gasteiger partial charge < -0.3 is 10.1 Å². The molecule has 19 heavy (non-hydrogen) atoms. The third kappa shape index (κ3) is 2.69. The molecule has 1 fully saturated rings. The third-order valence-electron chi connectivity index (χ3n) is 3.19. The maximum atomic E-state index is 12.1. The van der Waals surface area contributed by atoms with Crippen LogP contribution in [0.2, 0.25) is 0 Å². The van der Waals surface area contributed by atoms with Crippen molar-refractivity contribution in [3.05, 3.63) is 41.8 Å². The molecule has 1 aliphatic heterocycles. The molecule has 1 unspecified atom stereocenters. The number of nitrogens with one attached hydrogen (secondary N) is 1. The van der Waals surface area contributed by atoms with Crippen molar-refractivity contribution in [1.29, 1.82) is 0 Å². The van der Waals surface area contributed by atoms with Crippen LogP contribution in [0.4, 0.5) is 5.69 Å². The Labute approximate surface area is 116 Å². The number of hydrogen-bond donors (Lipinski definition) is 1. The van der Waals surface area contributed by atoms with Crippen molar-refractivity contribution >= 4 is 22.9 Å². The van der Waals surface area contributed by atoms with Crippen molar-refractivity contribution in [3.8, 4) is 10.4 Å². The van der Waals surface area contributed by atoms with Crippen LogP contribution in [0.25, 0.3) is 10.4 Å². The molecule has 0 spiro atoms. The van der Waals surface area contributed by atoms with Crippen molar-refractivity contribution in [2.75, 3.05) is 11.9 Å². The zero-order chi connectivity index (χ0) is 13.1. The van der Waals surface area contributed by atoms with Crippen molar-refractivity contribution in [2.45, 2.75) is 18.9 Å². The molecule has 3 rings (SSSR count). The lowest BCUT2D eigenvalue weighted by atomic mass is 10.1. The number of amides is 1. The second-order valence-electron chi connectivity index (χ2n) is 4.51. The van der Waals surface area contributed by atoms with Gasteiger partial charge in [0, 0.05) is 22.7 Å². The van der Waals surface area contributed by atoms with E-state index in [1.54, 1.807) is 11.3 Å². The summed E-state index contributed by atoms with van der Waals surface area (Å²) in [5.74, 6) is -0.0403. The first-order chi connectivity index (χ1) is 9.34. The number of benzene rings is 1. The summed E-state index contributed by atoms with van der Waals surface area (Å²) < 4.78 is 5.41. The molecule has 1 amide bonds. The minimum atomic E-state index is -0.295. The number of anilines is 1. The van der Waals surface area contributed by atoms with E-state index in [0.29, 0.717) is 6.61 Å².